The van der Waals surface area contributed by atoms with E-state index in [1.165, 1.54) is 19.4 Å². The van der Waals surface area contributed by atoms with Gasteiger partial charge >= 0.3 is 5.97 Å². The molecule has 12 nitrogen and oxygen atoms in total. The molecule has 0 N–H and O–H groups in total. The van der Waals surface area contributed by atoms with Gasteiger partial charge in [0.15, 0.2) is 35.6 Å². The summed E-state index contributed by atoms with van der Waals surface area (Å²) >= 11 is 0. The Morgan fingerprint density at radius 3 is 1.84 bits per heavy atom. The fourth-order valence-corrected chi connectivity index (χ4v) is 6.07. The third kappa shape index (κ3) is 11.5. The molecule has 0 aliphatic carbocycles. The molecule has 12 heteroatoms. The maximum Gasteiger partial charge on any atom is 0.302 e. The molecule has 0 spiro atoms. The van der Waals surface area contributed by atoms with Gasteiger partial charge in [-0.1, -0.05) is 32.2 Å². The lowest BCUT2D eigenvalue weighted by Crippen LogP contribution is -2.40. The molecule has 2 aromatic carbocycles. The van der Waals surface area contributed by atoms with Gasteiger partial charge in [0.05, 0.1) is 51.2 Å². The van der Waals surface area contributed by atoms with Crippen LogP contribution in [-0.2, 0) is 38.0 Å². The maximum absolute atomic E-state index is 11.7. The number of methoxy groups -OCH3 is 2. The second kappa shape index (κ2) is 20.0. The van der Waals surface area contributed by atoms with Crippen molar-refractivity contribution in [2.24, 2.45) is 0 Å². The Bertz CT molecular complexity index is 1370. The van der Waals surface area contributed by atoms with E-state index in [-0.39, 0.29) is 36.5 Å². The fraction of sp³-hybridized carbons (Fsp3) is 0.553. The third-order valence-corrected chi connectivity index (χ3v) is 8.33. The van der Waals surface area contributed by atoms with E-state index in [1.54, 1.807) is 14.2 Å². The molecule has 0 saturated carbocycles. The first-order valence-electron chi connectivity index (χ1n) is 17.1. The minimum Gasteiger partial charge on any atom is -0.498 e. The lowest BCUT2D eigenvalue weighted by atomic mass is 9.96. The molecule has 0 amide bonds. The summed E-state index contributed by atoms with van der Waals surface area (Å²) < 4.78 is 64.8. The second-order valence-corrected chi connectivity index (χ2v) is 12.1. The van der Waals surface area contributed by atoms with Crippen LogP contribution >= 0.6 is 0 Å². The number of carbonyl (C=O) groups excluding carboxylic acids is 1. The summed E-state index contributed by atoms with van der Waals surface area (Å²) in [6, 6.07) is 11.2. The van der Waals surface area contributed by atoms with Crippen molar-refractivity contribution < 1.29 is 56.9 Å². The lowest BCUT2D eigenvalue weighted by molar-refractivity contribution is -0.279. The van der Waals surface area contributed by atoms with E-state index in [9.17, 15) is 4.79 Å². The van der Waals surface area contributed by atoms with Gasteiger partial charge in [-0.3, -0.25) is 4.79 Å². The highest BCUT2D eigenvalue weighted by atomic mass is 16.7. The Kier molecular flexibility index (Phi) is 15.5. The van der Waals surface area contributed by atoms with Gasteiger partial charge in [-0.15, -0.1) is 0 Å². The van der Waals surface area contributed by atoms with Gasteiger partial charge in [0, 0.05) is 43.7 Å². The predicted molar refractivity (Wildman–Crippen MR) is 184 cm³/mol. The summed E-state index contributed by atoms with van der Waals surface area (Å²) in [6.45, 7) is 13.9. The van der Waals surface area contributed by atoms with Crippen LogP contribution in [0.5, 0.6) is 23.0 Å². The number of hydrogen-bond acceptors (Lipinski definition) is 12. The topological polar surface area (TPSA) is 119 Å². The van der Waals surface area contributed by atoms with E-state index in [1.807, 2.05) is 43.3 Å². The summed E-state index contributed by atoms with van der Waals surface area (Å²) in [4.78, 5) is 11.7. The number of carbonyl (C=O) groups is 1. The number of hydrogen-bond donors (Lipinski definition) is 0. The van der Waals surface area contributed by atoms with Gasteiger partial charge in [0.2, 0.25) is 0 Å². The van der Waals surface area contributed by atoms with Crippen molar-refractivity contribution in [2.75, 3.05) is 40.6 Å². The molecule has 2 saturated heterocycles. The van der Waals surface area contributed by atoms with Gasteiger partial charge in [0.25, 0.3) is 0 Å². The van der Waals surface area contributed by atoms with E-state index < -0.39 is 12.6 Å². The molecular weight excluding hydrogens is 648 g/mol. The van der Waals surface area contributed by atoms with E-state index in [0.717, 1.165) is 17.5 Å². The Labute approximate surface area is 295 Å². The van der Waals surface area contributed by atoms with Crippen molar-refractivity contribution in [3.05, 3.63) is 73.2 Å². The molecule has 0 radical (unpaired) electrons. The van der Waals surface area contributed by atoms with Crippen molar-refractivity contribution in [2.45, 2.75) is 96.0 Å². The Morgan fingerprint density at radius 1 is 0.760 bits per heavy atom. The zero-order chi connectivity index (χ0) is 35.9. The molecule has 0 aromatic heterocycles. The van der Waals surface area contributed by atoms with E-state index in [0.29, 0.717) is 75.1 Å². The maximum atomic E-state index is 11.7. The number of benzene rings is 2. The van der Waals surface area contributed by atoms with Crippen LogP contribution in [0.4, 0.5) is 0 Å². The van der Waals surface area contributed by atoms with Crippen LogP contribution in [-0.4, -0.2) is 77.1 Å². The average Bonchev–Trinajstić information content (AvgIpc) is 3.11. The predicted octanol–water partition coefficient (Wildman–Crippen LogP) is 6.97. The molecule has 2 aliphatic rings. The quantitative estimate of drug-likeness (QED) is 0.0807. The lowest BCUT2D eigenvalue weighted by Gasteiger charge is -2.41. The third-order valence-electron chi connectivity index (χ3n) is 8.33. The highest BCUT2D eigenvalue weighted by molar-refractivity contribution is 5.66. The van der Waals surface area contributed by atoms with Gasteiger partial charge in [-0.05, 0) is 37.6 Å². The molecule has 0 bridgehead atoms. The molecule has 7 atom stereocenters. The van der Waals surface area contributed by atoms with E-state index in [4.69, 9.17) is 52.1 Å². The minimum absolute atomic E-state index is 0.0153. The molecule has 50 heavy (non-hydrogen) atoms. The van der Waals surface area contributed by atoms with Crippen molar-refractivity contribution in [3.8, 4) is 23.0 Å². The second-order valence-electron chi connectivity index (χ2n) is 12.1. The summed E-state index contributed by atoms with van der Waals surface area (Å²) in [5.41, 5.74) is 1.59. The monoisotopic (exact) mass is 700 g/mol. The highest BCUT2D eigenvalue weighted by Crippen LogP contribution is 2.41. The van der Waals surface area contributed by atoms with Crippen molar-refractivity contribution in [3.63, 3.8) is 0 Å². The highest BCUT2D eigenvalue weighted by Gasteiger charge is 2.38. The molecule has 4 rings (SSSR count). The molecule has 2 fully saturated rings. The van der Waals surface area contributed by atoms with Crippen LogP contribution < -0.4 is 18.9 Å². The van der Waals surface area contributed by atoms with E-state index in [2.05, 4.69) is 20.1 Å². The summed E-state index contributed by atoms with van der Waals surface area (Å²) in [5.74, 6) is 1.94. The van der Waals surface area contributed by atoms with Gasteiger partial charge in [0.1, 0.15) is 32.5 Å². The Balaban J connectivity index is 1.51. The summed E-state index contributed by atoms with van der Waals surface area (Å²) in [5, 5.41) is 0. The number of esters is 1. The smallest absolute Gasteiger partial charge is 0.302 e. The van der Waals surface area contributed by atoms with Crippen LogP contribution in [0.3, 0.4) is 0 Å². The zero-order valence-corrected chi connectivity index (χ0v) is 29.8. The normalized spacial score (nSPS) is 23.9. The van der Waals surface area contributed by atoms with Crippen molar-refractivity contribution in [1.29, 1.82) is 0 Å². The van der Waals surface area contributed by atoms with E-state index >= 15 is 0 Å². The van der Waals surface area contributed by atoms with Crippen LogP contribution in [0.1, 0.15) is 76.6 Å². The molecule has 7 unspecified atom stereocenters. The molecule has 2 aromatic rings. The molecule has 2 aliphatic heterocycles. The van der Waals surface area contributed by atoms with Crippen molar-refractivity contribution in [1.82, 2.24) is 0 Å². The van der Waals surface area contributed by atoms with Crippen molar-refractivity contribution >= 4 is 5.97 Å². The minimum atomic E-state index is -0.702. The first-order chi connectivity index (χ1) is 24.3. The summed E-state index contributed by atoms with van der Waals surface area (Å²) in [7, 11) is 3.18. The van der Waals surface area contributed by atoms with Crippen LogP contribution in [0.2, 0.25) is 0 Å². The SMILES string of the molecule is C=COCCOc1ccc(C2OC(CC)CC(CC3CC(CC(C)OC(C)=O)OC(c4ccc(OC)c(OCCOC=C)c4)O3)O2)cc1OC. The largest absolute Gasteiger partial charge is 0.498 e. The molecule has 276 valence electrons. The first-order valence-corrected chi connectivity index (χ1v) is 17.1. The van der Waals surface area contributed by atoms with Crippen LogP contribution in [0, 0.1) is 0 Å². The van der Waals surface area contributed by atoms with Gasteiger partial charge < -0.3 is 52.1 Å². The fourth-order valence-electron chi connectivity index (χ4n) is 6.07. The number of rotatable bonds is 20. The van der Waals surface area contributed by atoms with Gasteiger partial charge in [-0.2, -0.15) is 0 Å². The van der Waals surface area contributed by atoms with Crippen LogP contribution in [0.25, 0.3) is 0 Å². The van der Waals surface area contributed by atoms with Crippen LogP contribution in [0.15, 0.2) is 62.1 Å². The summed E-state index contributed by atoms with van der Waals surface area (Å²) in [6.07, 6.45) is 3.72. The first kappa shape index (κ1) is 38.8. The number of ether oxygens (including phenoxy) is 11. The Hall–Kier alpha value is -3.97. The molecule has 2 heterocycles. The zero-order valence-electron chi connectivity index (χ0n) is 29.8. The Morgan fingerprint density at radius 2 is 1.28 bits per heavy atom. The average molecular weight is 701 g/mol. The standard InChI is InChI=1S/C38H52O12/c1-8-29-22-31(49-37(47-29)27-12-14-34(35(20-27)41-7)44-17-15-42-9-2)24-32-23-30(19-25(4)46-26(5)39)48-38(50-32)28-11-13-33(40-6)36(21-28)45-18-16-43-10-3/h9-14,20-21,25,29-32,37-38H,2-3,8,15-19,22-24H2,1,4-7H3. The van der Waals surface area contributed by atoms with Gasteiger partial charge in [-0.25, -0.2) is 0 Å². The molecular formula is C38H52O12.